The molecule has 0 saturated heterocycles. The maximum Gasteiger partial charge on any atom is 0.143 e. The molecule has 0 saturated carbocycles. The first kappa shape index (κ1) is 13.2. The lowest BCUT2D eigenvalue weighted by Gasteiger charge is -2.41. The second-order valence-electron chi connectivity index (χ2n) is 5.64. The molecule has 1 aliphatic heterocycles. The maximum absolute atomic E-state index is 6.07. The molecular weight excluding hydrogens is 224 g/mol. The van der Waals surface area contributed by atoms with Gasteiger partial charge in [0.05, 0.1) is 12.2 Å². The first-order valence-electron chi connectivity index (χ1n) is 6.82. The highest BCUT2D eigenvalue weighted by molar-refractivity contribution is 5.61. The minimum absolute atomic E-state index is 0.131. The Morgan fingerprint density at radius 1 is 1.39 bits per heavy atom. The van der Waals surface area contributed by atoms with Crippen molar-refractivity contribution < 1.29 is 4.74 Å². The summed E-state index contributed by atoms with van der Waals surface area (Å²) < 4.78 is 6.07. The number of benzene rings is 1. The van der Waals surface area contributed by atoms with Crippen LogP contribution in [0, 0.1) is 0 Å². The van der Waals surface area contributed by atoms with Crippen molar-refractivity contribution in [1.82, 2.24) is 0 Å². The normalized spacial score (nSPS) is 17.2. The summed E-state index contributed by atoms with van der Waals surface area (Å²) in [5.41, 5.74) is 7.90. The van der Waals surface area contributed by atoms with Gasteiger partial charge in [-0.25, -0.2) is 0 Å². The van der Waals surface area contributed by atoms with Gasteiger partial charge in [0.2, 0.25) is 0 Å². The molecule has 1 aliphatic rings. The summed E-state index contributed by atoms with van der Waals surface area (Å²) in [6.45, 7) is 9.12. The van der Waals surface area contributed by atoms with E-state index in [4.69, 9.17) is 10.5 Å². The van der Waals surface area contributed by atoms with Crippen LogP contribution in [-0.2, 0) is 6.54 Å². The van der Waals surface area contributed by atoms with Crippen molar-refractivity contribution >= 4 is 5.69 Å². The van der Waals surface area contributed by atoms with Gasteiger partial charge in [0.1, 0.15) is 11.4 Å². The standard InChI is InChI=1S/C15H24N2O/c1-4-5-8-17-11-15(2,3)18-14-9-12(10-16)6-7-13(14)17/h6-7,9H,4-5,8,10-11,16H2,1-3H3. The van der Waals surface area contributed by atoms with Crippen molar-refractivity contribution in [3.8, 4) is 5.75 Å². The maximum atomic E-state index is 6.07. The first-order chi connectivity index (χ1) is 8.55. The van der Waals surface area contributed by atoms with E-state index in [0.717, 1.165) is 24.4 Å². The van der Waals surface area contributed by atoms with Gasteiger partial charge < -0.3 is 15.4 Å². The molecule has 0 radical (unpaired) electrons. The Morgan fingerprint density at radius 3 is 2.83 bits per heavy atom. The first-order valence-corrected chi connectivity index (χ1v) is 6.82. The van der Waals surface area contributed by atoms with Gasteiger partial charge in [-0.05, 0) is 38.0 Å². The summed E-state index contributed by atoms with van der Waals surface area (Å²) in [5.74, 6) is 0.977. The molecule has 18 heavy (non-hydrogen) atoms. The third kappa shape index (κ3) is 2.78. The van der Waals surface area contributed by atoms with Crippen LogP contribution < -0.4 is 15.4 Å². The Hall–Kier alpha value is -1.22. The quantitative estimate of drug-likeness (QED) is 0.890. The van der Waals surface area contributed by atoms with E-state index in [1.165, 1.54) is 18.5 Å². The topological polar surface area (TPSA) is 38.5 Å². The molecule has 100 valence electrons. The van der Waals surface area contributed by atoms with E-state index in [1.807, 2.05) is 0 Å². The van der Waals surface area contributed by atoms with Crippen LogP contribution in [0.1, 0.15) is 39.2 Å². The molecule has 0 bridgehead atoms. The predicted molar refractivity (Wildman–Crippen MR) is 76.2 cm³/mol. The highest BCUT2D eigenvalue weighted by Crippen LogP contribution is 2.37. The molecule has 3 heteroatoms. The van der Waals surface area contributed by atoms with Crippen LogP contribution in [0.5, 0.6) is 5.75 Å². The average Bonchev–Trinajstić information content (AvgIpc) is 2.33. The van der Waals surface area contributed by atoms with Crippen molar-refractivity contribution in [1.29, 1.82) is 0 Å². The van der Waals surface area contributed by atoms with Crippen molar-refractivity contribution in [2.24, 2.45) is 5.73 Å². The number of rotatable bonds is 4. The summed E-state index contributed by atoms with van der Waals surface area (Å²) in [5, 5.41) is 0. The zero-order valence-corrected chi connectivity index (χ0v) is 11.7. The zero-order chi connectivity index (χ0) is 13.2. The van der Waals surface area contributed by atoms with Gasteiger partial charge in [-0.15, -0.1) is 0 Å². The lowest BCUT2D eigenvalue weighted by atomic mass is 10.0. The van der Waals surface area contributed by atoms with Crippen LogP contribution in [0.15, 0.2) is 18.2 Å². The van der Waals surface area contributed by atoms with Crippen LogP contribution in [0.2, 0.25) is 0 Å². The molecule has 1 aromatic carbocycles. The number of unbranched alkanes of at least 4 members (excludes halogenated alkanes) is 1. The number of ether oxygens (including phenoxy) is 1. The molecule has 2 rings (SSSR count). The third-order valence-electron chi connectivity index (χ3n) is 3.34. The molecular formula is C15H24N2O. The highest BCUT2D eigenvalue weighted by atomic mass is 16.5. The van der Waals surface area contributed by atoms with Crippen molar-refractivity contribution in [2.75, 3.05) is 18.0 Å². The SMILES string of the molecule is CCCCN1CC(C)(C)Oc2cc(CN)ccc21. The van der Waals surface area contributed by atoms with E-state index in [-0.39, 0.29) is 5.60 Å². The number of anilines is 1. The van der Waals surface area contributed by atoms with Crippen LogP contribution in [0.3, 0.4) is 0 Å². The molecule has 0 atom stereocenters. The van der Waals surface area contributed by atoms with Gasteiger partial charge in [0.25, 0.3) is 0 Å². The molecule has 0 unspecified atom stereocenters. The van der Waals surface area contributed by atoms with E-state index in [0.29, 0.717) is 6.54 Å². The van der Waals surface area contributed by atoms with Gasteiger partial charge >= 0.3 is 0 Å². The monoisotopic (exact) mass is 248 g/mol. The largest absolute Gasteiger partial charge is 0.484 e. The van der Waals surface area contributed by atoms with Crippen molar-refractivity contribution in [3.05, 3.63) is 23.8 Å². The van der Waals surface area contributed by atoms with Gasteiger partial charge in [-0.3, -0.25) is 0 Å². The molecule has 3 nitrogen and oxygen atoms in total. The van der Waals surface area contributed by atoms with Crippen LogP contribution in [-0.4, -0.2) is 18.7 Å². The minimum atomic E-state index is -0.131. The second kappa shape index (κ2) is 5.19. The van der Waals surface area contributed by atoms with E-state index >= 15 is 0 Å². The van der Waals surface area contributed by atoms with Crippen molar-refractivity contribution in [2.45, 2.75) is 45.8 Å². The third-order valence-corrected chi connectivity index (χ3v) is 3.34. The van der Waals surface area contributed by atoms with Gasteiger partial charge in [0.15, 0.2) is 0 Å². The summed E-state index contributed by atoms with van der Waals surface area (Å²) in [6, 6.07) is 6.32. The van der Waals surface area contributed by atoms with Crippen LogP contribution in [0.25, 0.3) is 0 Å². The van der Waals surface area contributed by atoms with Crippen LogP contribution >= 0.6 is 0 Å². The summed E-state index contributed by atoms with van der Waals surface area (Å²) in [7, 11) is 0. The van der Waals surface area contributed by atoms with E-state index in [9.17, 15) is 0 Å². The fourth-order valence-corrected chi connectivity index (χ4v) is 2.45. The second-order valence-corrected chi connectivity index (χ2v) is 5.64. The number of nitrogens with two attached hydrogens (primary N) is 1. The molecule has 0 amide bonds. The fraction of sp³-hybridized carbons (Fsp3) is 0.600. The Bertz CT molecular complexity index is 415. The molecule has 0 aromatic heterocycles. The summed E-state index contributed by atoms with van der Waals surface area (Å²) >= 11 is 0. The molecule has 0 spiro atoms. The lowest BCUT2D eigenvalue weighted by Crippen LogP contribution is -2.47. The molecule has 1 heterocycles. The highest BCUT2D eigenvalue weighted by Gasteiger charge is 2.31. The Balaban J connectivity index is 2.30. The van der Waals surface area contributed by atoms with E-state index in [1.54, 1.807) is 0 Å². The van der Waals surface area contributed by atoms with Crippen molar-refractivity contribution in [3.63, 3.8) is 0 Å². The number of nitrogens with zero attached hydrogens (tertiary/aromatic N) is 1. The molecule has 1 aromatic rings. The van der Waals surface area contributed by atoms with Gasteiger partial charge in [-0.1, -0.05) is 19.4 Å². The number of hydrogen-bond donors (Lipinski definition) is 1. The number of hydrogen-bond acceptors (Lipinski definition) is 3. The van der Waals surface area contributed by atoms with E-state index < -0.39 is 0 Å². The smallest absolute Gasteiger partial charge is 0.143 e. The van der Waals surface area contributed by atoms with Gasteiger partial charge in [0, 0.05) is 13.1 Å². The average molecular weight is 248 g/mol. The molecule has 0 fully saturated rings. The molecule has 0 aliphatic carbocycles. The molecule has 2 N–H and O–H groups in total. The fourth-order valence-electron chi connectivity index (χ4n) is 2.45. The summed E-state index contributed by atoms with van der Waals surface area (Å²) in [4.78, 5) is 2.43. The Morgan fingerprint density at radius 2 is 2.17 bits per heavy atom. The summed E-state index contributed by atoms with van der Waals surface area (Å²) in [6.07, 6.45) is 2.43. The minimum Gasteiger partial charge on any atom is -0.484 e. The van der Waals surface area contributed by atoms with Gasteiger partial charge in [-0.2, -0.15) is 0 Å². The Kier molecular flexibility index (Phi) is 3.81. The van der Waals surface area contributed by atoms with Crippen LogP contribution in [0.4, 0.5) is 5.69 Å². The van der Waals surface area contributed by atoms with E-state index in [2.05, 4.69) is 43.9 Å². The zero-order valence-electron chi connectivity index (χ0n) is 11.7. The predicted octanol–water partition coefficient (Wildman–Crippen LogP) is 2.92. The number of fused-ring (bicyclic) bond motifs is 1. The lowest BCUT2D eigenvalue weighted by molar-refractivity contribution is 0.105. The Labute approximate surface area is 110 Å².